The van der Waals surface area contributed by atoms with Crippen molar-refractivity contribution in [3.63, 3.8) is 0 Å². The van der Waals surface area contributed by atoms with E-state index < -0.39 is 0 Å². The lowest BCUT2D eigenvalue weighted by molar-refractivity contribution is -0.130. The van der Waals surface area contributed by atoms with E-state index in [2.05, 4.69) is 15.0 Å². The Labute approximate surface area is 112 Å². The van der Waals surface area contributed by atoms with E-state index in [1.807, 2.05) is 12.1 Å². The number of carbonyl (C=O) groups excluding carboxylic acids is 1. The molecular formula is C14H16N4O. The summed E-state index contributed by atoms with van der Waals surface area (Å²) in [5.74, 6) is 0.0921. The molecule has 0 saturated heterocycles. The third-order valence-electron chi connectivity index (χ3n) is 2.79. The van der Waals surface area contributed by atoms with Gasteiger partial charge < -0.3 is 4.90 Å². The predicted molar refractivity (Wildman–Crippen MR) is 71.1 cm³/mol. The third kappa shape index (κ3) is 4.13. The van der Waals surface area contributed by atoms with E-state index in [9.17, 15) is 4.79 Å². The summed E-state index contributed by atoms with van der Waals surface area (Å²) in [7, 11) is 1.78. The molecule has 98 valence electrons. The number of hydrogen-bond acceptors (Lipinski definition) is 4. The van der Waals surface area contributed by atoms with Crippen molar-refractivity contribution in [2.45, 2.75) is 19.4 Å². The summed E-state index contributed by atoms with van der Waals surface area (Å²) < 4.78 is 0. The van der Waals surface area contributed by atoms with Crippen molar-refractivity contribution in [3.05, 3.63) is 54.4 Å². The quantitative estimate of drug-likeness (QED) is 0.812. The first-order valence-corrected chi connectivity index (χ1v) is 6.13. The van der Waals surface area contributed by atoms with Gasteiger partial charge in [-0.25, -0.2) is 0 Å². The molecule has 0 N–H and O–H groups in total. The van der Waals surface area contributed by atoms with Crippen molar-refractivity contribution < 1.29 is 4.79 Å². The van der Waals surface area contributed by atoms with E-state index in [0.717, 1.165) is 11.3 Å². The normalized spacial score (nSPS) is 10.2. The number of aryl methyl sites for hydroxylation is 1. The van der Waals surface area contributed by atoms with Crippen LogP contribution in [0.25, 0.3) is 0 Å². The van der Waals surface area contributed by atoms with Crippen molar-refractivity contribution in [2.75, 3.05) is 7.05 Å². The number of hydrogen-bond donors (Lipinski definition) is 0. The first kappa shape index (κ1) is 13.1. The van der Waals surface area contributed by atoms with Gasteiger partial charge in [0.25, 0.3) is 0 Å². The number of aromatic nitrogens is 3. The van der Waals surface area contributed by atoms with Gasteiger partial charge in [-0.3, -0.25) is 19.7 Å². The van der Waals surface area contributed by atoms with Crippen LogP contribution in [0.4, 0.5) is 0 Å². The zero-order valence-electron chi connectivity index (χ0n) is 10.9. The molecule has 0 atom stereocenters. The lowest BCUT2D eigenvalue weighted by Crippen LogP contribution is -2.26. The molecule has 0 radical (unpaired) electrons. The van der Waals surface area contributed by atoms with Crippen molar-refractivity contribution in [3.8, 4) is 0 Å². The van der Waals surface area contributed by atoms with Crippen LogP contribution in [0.5, 0.6) is 0 Å². The zero-order chi connectivity index (χ0) is 13.5. The largest absolute Gasteiger partial charge is 0.340 e. The fourth-order valence-corrected chi connectivity index (χ4v) is 1.73. The fourth-order valence-electron chi connectivity index (χ4n) is 1.73. The maximum atomic E-state index is 12.0. The van der Waals surface area contributed by atoms with Gasteiger partial charge in [0.05, 0.1) is 18.4 Å². The molecule has 5 heteroatoms. The Morgan fingerprint density at radius 3 is 2.74 bits per heavy atom. The Morgan fingerprint density at radius 2 is 2.05 bits per heavy atom. The molecule has 2 rings (SSSR count). The second-order valence-electron chi connectivity index (χ2n) is 4.31. The molecule has 2 aromatic rings. The van der Waals surface area contributed by atoms with Crippen molar-refractivity contribution >= 4 is 5.91 Å². The molecule has 0 unspecified atom stereocenters. The second kappa shape index (κ2) is 6.58. The maximum Gasteiger partial charge on any atom is 0.222 e. The molecule has 0 saturated carbocycles. The van der Waals surface area contributed by atoms with Crippen LogP contribution in [0.1, 0.15) is 17.7 Å². The van der Waals surface area contributed by atoms with Crippen LogP contribution in [0, 0.1) is 0 Å². The fraction of sp³-hybridized carbons (Fsp3) is 0.286. The minimum absolute atomic E-state index is 0.0921. The SMILES string of the molecule is CN(Cc1cnccn1)C(=O)CCc1cccnc1. The van der Waals surface area contributed by atoms with E-state index in [1.165, 1.54) is 0 Å². The molecular weight excluding hydrogens is 240 g/mol. The summed E-state index contributed by atoms with van der Waals surface area (Å²) in [6.45, 7) is 0.486. The maximum absolute atomic E-state index is 12.0. The van der Waals surface area contributed by atoms with Gasteiger partial charge in [0.1, 0.15) is 0 Å². The topological polar surface area (TPSA) is 59.0 Å². The predicted octanol–water partition coefficient (Wildman–Crippen LogP) is 1.46. The summed E-state index contributed by atoms with van der Waals surface area (Å²) >= 11 is 0. The summed E-state index contributed by atoms with van der Waals surface area (Å²) in [6.07, 6.45) is 9.61. The molecule has 0 aliphatic carbocycles. The number of pyridine rings is 1. The van der Waals surface area contributed by atoms with Gasteiger partial charge in [-0.1, -0.05) is 6.07 Å². The first-order valence-electron chi connectivity index (χ1n) is 6.13. The molecule has 0 fully saturated rings. The van der Waals surface area contributed by atoms with Crippen LogP contribution < -0.4 is 0 Å². The first-order chi connectivity index (χ1) is 9.25. The monoisotopic (exact) mass is 256 g/mol. The molecule has 0 bridgehead atoms. The van der Waals surface area contributed by atoms with E-state index in [0.29, 0.717) is 19.4 Å². The average molecular weight is 256 g/mol. The van der Waals surface area contributed by atoms with E-state index in [-0.39, 0.29) is 5.91 Å². The molecule has 0 spiro atoms. The van der Waals surface area contributed by atoms with Gasteiger partial charge >= 0.3 is 0 Å². The lowest BCUT2D eigenvalue weighted by atomic mass is 10.1. The van der Waals surface area contributed by atoms with Gasteiger partial charge in [-0.05, 0) is 18.1 Å². The standard InChI is InChI=1S/C14H16N4O/c1-18(11-13-10-16-7-8-17-13)14(19)5-4-12-3-2-6-15-9-12/h2-3,6-10H,4-5,11H2,1H3. The van der Waals surface area contributed by atoms with Crippen molar-refractivity contribution in [1.82, 2.24) is 19.9 Å². The summed E-state index contributed by atoms with van der Waals surface area (Å²) in [4.78, 5) is 25.8. The Hall–Kier alpha value is -2.30. The van der Waals surface area contributed by atoms with Crippen LogP contribution in [-0.4, -0.2) is 32.8 Å². The third-order valence-corrected chi connectivity index (χ3v) is 2.79. The Balaban J connectivity index is 1.83. The highest BCUT2D eigenvalue weighted by atomic mass is 16.2. The van der Waals surface area contributed by atoms with E-state index >= 15 is 0 Å². The van der Waals surface area contributed by atoms with Gasteiger partial charge in [0.2, 0.25) is 5.91 Å². The zero-order valence-corrected chi connectivity index (χ0v) is 10.9. The Morgan fingerprint density at radius 1 is 1.21 bits per heavy atom. The summed E-state index contributed by atoms with van der Waals surface area (Å²) in [5.41, 5.74) is 1.86. The Kier molecular flexibility index (Phi) is 4.55. The minimum Gasteiger partial charge on any atom is -0.340 e. The van der Waals surface area contributed by atoms with Crippen LogP contribution in [0.15, 0.2) is 43.1 Å². The number of nitrogens with zero attached hydrogens (tertiary/aromatic N) is 4. The number of rotatable bonds is 5. The van der Waals surface area contributed by atoms with E-state index in [1.54, 1.807) is 42.9 Å². The molecule has 5 nitrogen and oxygen atoms in total. The average Bonchev–Trinajstić information content (AvgIpc) is 2.47. The van der Waals surface area contributed by atoms with Crippen LogP contribution in [0.2, 0.25) is 0 Å². The molecule has 2 aromatic heterocycles. The minimum atomic E-state index is 0.0921. The highest BCUT2D eigenvalue weighted by Gasteiger charge is 2.10. The lowest BCUT2D eigenvalue weighted by Gasteiger charge is -2.16. The smallest absolute Gasteiger partial charge is 0.222 e. The van der Waals surface area contributed by atoms with Gasteiger partial charge in [0.15, 0.2) is 0 Å². The Bertz CT molecular complexity index is 515. The van der Waals surface area contributed by atoms with Gasteiger partial charge in [-0.15, -0.1) is 0 Å². The molecule has 0 aromatic carbocycles. The highest BCUT2D eigenvalue weighted by Crippen LogP contribution is 2.04. The van der Waals surface area contributed by atoms with Gasteiger partial charge in [0, 0.05) is 38.3 Å². The van der Waals surface area contributed by atoms with Crippen LogP contribution >= 0.6 is 0 Å². The molecule has 19 heavy (non-hydrogen) atoms. The van der Waals surface area contributed by atoms with Crippen molar-refractivity contribution in [2.24, 2.45) is 0 Å². The van der Waals surface area contributed by atoms with Crippen LogP contribution in [-0.2, 0) is 17.8 Å². The van der Waals surface area contributed by atoms with Crippen molar-refractivity contribution in [1.29, 1.82) is 0 Å². The van der Waals surface area contributed by atoms with E-state index in [4.69, 9.17) is 0 Å². The number of amides is 1. The van der Waals surface area contributed by atoms with Crippen LogP contribution in [0.3, 0.4) is 0 Å². The van der Waals surface area contributed by atoms with Gasteiger partial charge in [-0.2, -0.15) is 0 Å². The molecule has 0 aliphatic rings. The molecule has 1 amide bonds. The summed E-state index contributed by atoms with van der Waals surface area (Å²) in [6, 6.07) is 3.85. The summed E-state index contributed by atoms with van der Waals surface area (Å²) in [5, 5.41) is 0. The highest BCUT2D eigenvalue weighted by molar-refractivity contribution is 5.76. The second-order valence-corrected chi connectivity index (χ2v) is 4.31. The molecule has 0 aliphatic heterocycles. The number of carbonyl (C=O) groups is 1. The molecule has 2 heterocycles.